The van der Waals surface area contributed by atoms with Crippen LogP contribution in [0.5, 0.6) is 0 Å². The lowest BCUT2D eigenvalue weighted by molar-refractivity contribution is 0.159. The monoisotopic (exact) mass is 285 g/mol. The van der Waals surface area contributed by atoms with E-state index in [2.05, 4.69) is 57.3 Å². The van der Waals surface area contributed by atoms with E-state index in [0.717, 1.165) is 44.0 Å². The molecule has 5 heteroatoms. The molecule has 0 aliphatic carbocycles. The minimum absolute atomic E-state index is 0.545. The van der Waals surface area contributed by atoms with Crippen LogP contribution in [0.2, 0.25) is 0 Å². The molecule has 0 aromatic heterocycles. The van der Waals surface area contributed by atoms with Crippen LogP contribution in [-0.2, 0) is 0 Å². The number of anilines is 1. The molecule has 0 N–H and O–H groups in total. The molecule has 1 aliphatic heterocycles. The first-order chi connectivity index (χ1) is 10.2. The molecule has 2 rings (SSSR count). The zero-order chi connectivity index (χ0) is 15.1. The largest absolute Gasteiger partial charge is 0.374 e. The van der Waals surface area contributed by atoms with Gasteiger partial charge in [0.25, 0.3) is 0 Å². The molecule has 1 aliphatic rings. The highest BCUT2D eigenvalue weighted by Gasteiger charge is 2.10. The highest BCUT2D eigenvalue weighted by atomic mass is 15.5. The summed E-state index contributed by atoms with van der Waals surface area (Å²) in [5.41, 5.74) is 2.23. The van der Waals surface area contributed by atoms with Crippen LogP contribution in [0.15, 0.2) is 29.4 Å². The van der Waals surface area contributed by atoms with Crippen LogP contribution >= 0.6 is 0 Å². The van der Waals surface area contributed by atoms with Crippen LogP contribution in [0, 0.1) is 11.3 Å². The number of hydrazone groups is 1. The van der Waals surface area contributed by atoms with E-state index >= 15 is 0 Å². The van der Waals surface area contributed by atoms with Crippen LogP contribution in [-0.4, -0.2) is 62.9 Å². The lowest BCUT2D eigenvalue weighted by Crippen LogP contribution is -2.41. The molecular formula is C16H23N5. The lowest BCUT2D eigenvalue weighted by Gasteiger charge is -2.30. The number of hydrogen-bond acceptors (Lipinski definition) is 5. The number of nitrogens with zero attached hydrogens (tertiary/aromatic N) is 5. The van der Waals surface area contributed by atoms with Crippen molar-refractivity contribution in [3.63, 3.8) is 0 Å². The van der Waals surface area contributed by atoms with E-state index in [9.17, 15) is 0 Å². The van der Waals surface area contributed by atoms with Gasteiger partial charge in [0.2, 0.25) is 0 Å². The quantitative estimate of drug-likeness (QED) is 0.771. The summed E-state index contributed by atoms with van der Waals surface area (Å²) in [4.78, 5) is 4.41. The van der Waals surface area contributed by atoms with Gasteiger partial charge in [-0.2, -0.15) is 10.4 Å². The van der Waals surface area contributed by atoms with E-state index in [4.69, 9.17) is 5.26 Å². The predicted octanol–water partition coefficient (Wildman–Crippen LogP) is 1.62. The van der Waals surface area contributed by atoms with E-state index in [1.54, 1.807) is 0 Å². The molecule has 0 atom stereocenters. The molecule has 0 radical (unpaired) electrons. The fourth-order valence-electron chi connectivity index (χ4n) is 2.22. The van der Waals surface area contributed by atoms with Gasteiger partial charge in [0.15, 0.2) is 0 Å². The standard InChI is InChI=1S/C16H23N5/c1-19-10-12-21(13-11-19)18-14-15-4-6-16(7-5-15)20(2)9-3-8-17/h4-7,14H,3,9-13H2,1-2H3/b18-14-. The van der Waals surface area contributed by atoms with Gasteiger partial charge >= 0.3 is 0 Å². The second-order valence-electron chi connectivity index (χ2n) is 5.42. The molecule has 1 heterocycles. The Morgan fingerprint density at radius 3 is 2.52 bits per heavy atom. The number of piperazine rings is 1. The third-order valence-electron chi connectivity index (χ3n) is 3.74. The third kappa shape index (κ3) is 4.76. The van der Waals surface area contributed by atoms with Gasteiger partial charge in [0, 0.05) is 45.5 Å². The first-order valence-electron chi connectivity index (χ1n) is 7.34. The summed E-state index contributed by atoms with van der Waals surface area (Å²) < 4.78 is 0. The van der Waals surface area contributed by atoms with Crippen molar-refractivity contribution in [1.29, 1.82) is 5.26 Å². The Hall–Kier alpha value is -2.06. The zero-order valence-corrected chi connectivity index (χ0v) is 12.9. The highest BCUT2D eigenvalue weighted by molar-refractivity contribution is 5.80. The van der Waals surface area contributed by atoms with Crippen LogP contribution in [0.4, 0.5) is 5.69 Å². The summed E-state index contributed by atoms with van der Waals surface area (Å²) in [7, 11) is 4.15. The van der Waals surface area contributed by atoms with Crippen molar-refractivity contribution in [3.8, 4) is 6.07 Å². The van der Waals surface area contributed by atoms with Crippen LogP contribution in [0.1, 0.15) is 12.0 Å². The van der Waals surface area contributed by atoms with E-state index < -0.39 is 0 Å². The number of likely N-dealkylation sites (N-methyl/N-ethyl adjacent to an activating group) is 1. The number of benzene rings is 1. The van der Waals surface area contributed by atoms with Crippen molar-refractivity contribution in [1.82, 2.24) is 9.91 Å². The summed E-state index contributed by atoms with van der Waals surface area (Å²) in [6.07, 6.45) is 2.47. The molecule has 0 saturated carbocycles. The molecule has 112 valence electrons. The molecule has 1 aromatic rings. The van der Waals surface area contributed by atoms with E-state index in [1.165, 1.54) is 0 Å². The van der Waals surface area contributed by atoms with Gasteiger partial charge in [0.1, 0.15) is 0 Å². The summed E-state index contributed by atoms with van der Waals surface area (Å²) in [5.74, 6) is 0. The first kappa shape index (κ1) is 15.3. The predicted molar refractivity (Wildman–Crippen MR) is 86.6 cm³/mol. The minimum Gasteiger partial charge on any atom is -0.374 e. The molecule has 21 heavy (non-hydrogen) atoms. The maximum atomic E-state index is 8.61. The summed E-state index contributed by atoms with van der Waals surface area (Å²) >= 11 is 0. The molecule has 1 saturated heterocycles. The van der Waals surface area contributed by atoms with Gasteiger partial charge in [-0.05, 0) is 24.7 Å². The molecule has 0 bridgehead atoms. The average molecular weight is 285 g/mol. The van der Waals surface area contributed by atoms with Crippen molar-refractivity contribution in [2.45, 2.75) is 6.42 Å². The Labute approximate surface area is 127 Å². The lowest BCUT2D eigenvalue weighted by atomic mass is 10.2. The van der Waals surface area contributed by atoms with Crippen molar-refractivity contribution in [2.75, 3.05) is 51.7 Å². The fourth-order valence-corrected chi connectivity index (χ4v) is 2.22. The molecule has 0 amide bonds. The first-order valence-corrected chi connectivity index (χ1v) is 7.34. The zero-order valence-electron chi connectivity index (χ0n) is 12.9. The molecule has 0 unspecified atom stereocenters. The molecule has 1 fully saturated rings. The van der Waals surface area contributed by atoms with Crippen molar-refractivity contribution in [3.05, 3.63) is 29.8 Å². The van der Waals surface area contributed by atoms with Crippen molar-refractivity contribution < 1.29 is 0 Å². The Bertz CT molecular complexity index is 494. The maximum Gasteiger partial charge on any atom is 0.0640 e. The Morgan fingerprint density at radius 2 is 1.90 bits per heavy atom. The van der Waals surface area contributed by atoms with Gasteiger partial charge in [-0.3, -0.25) is 5.01 Å². The normalized spacial score (nSPS) is 16.1. The summed E-state index contributed by atoms with van der Waals surface area (Å²) in [5, 5.41) is 15.3. The topological polar surface area (TPSA) is 45.9 Å². The molecule has 1 aromatic carbocycles. The maximum absolute atomic E-state index is 8.61. The molecular weight excluding hydrogens is 262 g/mol. The van der Waals surface area contributed by atoms with E-state index in [0.29, 0.717) is 6.42 Å². The number of rotatable bonds is 5. The Balaban J connectivity index is 1.88. The van der Waals surface area contributed by atoms with Gasteiger partial charge in [0.05, 0.1) is 18.7 Å². The van der Waals surface area contributed by atoms with Crippen LogP contribution in [0.25, 0.3) is 0 Å². The third-order valence-corrected chi connectivity index (χ3v) is 3.74. The van der Waals surface area contributed by atoms with E-state index in [-0.39, 0.29) is 0 Å². The van der Waals surface area contributed by atoms with Gasteiger partial charge in [-0.25, -0.2) is 0 Å². The number of hydrogen-bond donors (Lipinski definition) is 0. The summed E-state index contributed by atoms with van der Waals surface area (Å²) in [6.45, 7) is 4.87. The molecule has 0 spiro atoms. The Morgan fingerprint density at radius 1 is 1.24 bits per heavy atom. The summed E-state index contributed by atoms with van der Waals surface area (Å²) in [6, 6.07) is 10.4. The second-order valence-corrected chi connectivity index (χ2v) is 5.42. The van der Waals surface area contributed by atoms with Crippen molar-refractivity contribution in [2.24, 2.45) is 5.10 Å². The van der Waals surface area contributed by atoms with Crippen LogP contribution < -0.4 is 4.90 Å². The number of nitriles is 1. The van der Waals surface area contributed by atoms with Crippen LogP contribution in [0.3, 0.4) is 0 Å². The van der Waals surface area contributed by atoms with Gasteiger partial charge in [-0.1, -0.05) is 12.1 Å². The fraction of sp³-hybridized carbons (Fsp3) is 0.500. The SMILES string of the molecule is CN1CCN(/N=C\c2ccc(N(C)CCC#N)cc2)CC1. The highest BCUT2D eigenvalue weighted by Crippen LogP contribution is 2.13. The minimum atomic E-state index is 0.545. The molecule has 5 nitrogen and oxygen atoms in total. The van der Waals surface area contributed by atoms with Gasteiger partial charge < -0.3 is 9.80 Å². The van der Waals surface area contributed by atoms with Crippen molar-refractivity contribution >= 4 is 11.9 Å². The van der Waals surface area contributed by atoms with E-state index in [1.807, 2.05) is 13.3 Å². The second kappa shape index (κ2) is 7.65. The average Bonchev–Trinajstić information content (AvgIpc) is 2.52. The Kier molecular flexibility index (Phi) is 5.59. The van der Waals surface area contributed by atoms with Gasteiger partial charge in [-0.15, -0.1) is 0 Å². The smallest absolute Gasteiger partial charge is 0.0640 e.